The highest BCUT2D eigenvalue weighted by atomic mass is 16.6. The number of carbonyl (C=O) groups is 1. The molecule has 1 aromatic rings. The second kappa shape index (κ2) is 6.85. The molecule has 2 N–H and O–H groups in total. The summed E-state index contributed by atoms with van der Waals surface area (Å²) in [7, 11) is 0. The molecule has 2 rings (SSSR count). The van der Waals surface area contributed by atoms with Gasteiger partial charge in [-0.05, 0) is 52.5 Å². The van der Waals surface area contributed by atoms with Crippen molar-refractivity contribution >= 4 is 5.97 Å². The molecule has 1 fully saturated rings. The lowest BCUT2D eigenvalue weighted by atomic mass is 9.71. The van der Waals surface area contributed by atoms with Crippen LogP contribution in [0, 0.1) is 5.41 Å². The zero-order valence-electron chi connectivity index (χ0n) is 15.8. The molecular weight excluding hydrogens is 300 g/mol. The van der Waals surface area contributed by atoms with E-state index >= 15 is 0 Å². The molecule has 2 unspecified atom stereocenters. The number of nitrogens with two attached hydrogens (primary N) is 1. The highest BCUT2D eigenvalue weighted by Crippen LogP contribution is 2.43. The number of benzene rings is 1. The number of rotatable bonds is 4. The smallest absolute Gasteiger partial charge is 0.312 e. The molecule has 0 amide bonds. The molecule has 0 bridgehead atoms. The topological polar surface area (TPSA) is 55.6 Å². The molecule has 1 saturated heterocycles. The molecule has 2 atom stereocenters. The summed E-state index contributed by atoms with van der Waals surface area (Å²) in [5.41, 5.74) is 6.41. The van der Waals surface area contributed by atoms with Gasteiger partial charge in [0.2, 0.25) is 0 Å². The van der Waals surface area contributed by atoms with Crippen molar-refractivity contribution in [3.63, 3.8) is 0 Å². The minimum Gasteiger partial charge on any atom is -0.460 e. The normalized spacial score (nSPS) is 28.6. The lowest BCUT2D eigenvalue weighted by Crippen LogP contribution is -2.62. The van der Waals surface area contributed by atoms with E-state index in [-0.39, 0.29) is 5.97 Å². The number of hydrogen-bond acceptors (Lipinski definition) is 4. The maximum absolute atomic E-state index is 12.8. The van der Waals surface area contributed by atoms with Gasteiger partial charge in [-0.15, -0.1) is 0 Å². The molecule has 1 aliphatic rings. The van der Waals surface area contributed by atoms with E-state index in [0.29, 0.717) is 6.42 Å². The van der Waals surface area contributed by atoms with Gasteiger partial charge in [0.1, 0.15) is 5.60 Å². The van der Waals surface area contributed by atoms with Gasteiger partial charge in [-0.3, -0.25) is 9.69 Å². The zero-order chi connectivity index (χ0) is 18.0. The van der Waals surface area contributed by atoms with Crippen molar-refractivity contribution < 1.29 is 9.53 Å². The lowest BCUT2D eigenvalue weighted by Gasteiger charge is -2.50. The highest BCUT2D eigenvalue weighted by Gasteiger charge is 2.49. The van der Waals surface area contributed by atoms with Crippen LogP contribution in [-0.2, 0) is 16.1 Å². The number of esters is 1. The van der Waals surface area contributed by atoms with Crippen LogP contribution in [0.15, 0.2) is 30.3 Å². The number of ether oxygens (including phenoxy) is 1. The molecule has 4 heteroatoms. The van der Waals surface area contributed by atoms with Crippen molar-refractivity contribution in [3.8, 4) is 0 Å². The van der Waals surface area contributed by atoms with E-state index < -0.39 is 16.7 Å². The van der Waals surface area contributed by atoms with Crippen LogP contribution in [0.3, 0.4) is 0 Å². The Balaban J connectivity index is 2.14. The van der Waals surface area contributed by atoms with Gasteiger partial charge in [0.05, 0.1) is 11.1 Å². The molecule has 1 aliphatic heterocycles. The third-order valence-corrected chi connectivity index (χ3v) is 5.00. The monoisotopic (exact) mass is 332 g/mol. The SMILES string of the molecule is CCC1(C(=O)OC(C)(C)C)CCN(Cc2ccccc2)C(C)(N)C1. The minimum absolute atomic E-state index is 0.103. The van der Waals surface area contributed by atoms with E-state index in [1.807, 2.05) is 45.9 Å². The fraction of sp³-hybridized carbons (Fsp3) is 0.650. The van der Waals surface area contributed by atoms with Gasteiger partial charge in [-0.2, -0.15) is 0 Å². The van der Waals surface area contributed by atoms with E-state index in [2.05, 4.69) is 24.0 Å². The third kappa shape index (κ3) is 4.37. The number of piperidine rings is 1. The van der Waals surface area contributed by atoms with Crippen LogP contribution >= 0.6 is 0 Å². The summed E-state index contributed by atoms with van der Waals surface area (Å²) in [6.45, 7) is 11.5. The second-order valence-electron chi connectivity index (χ2n) is 8.33. The fourth-order valence-corrected chi connectivity index (χ4v) is 3.56. The number of carbonyl (C=O) groups excluding carboxylic acids is 1. The van der Waals surface area contributed by atoms with Gasteiger partial charge >= 0.3 is 5.97 Å². The Morgan fingerprint density at radius 1 is 1.29 bits per heavy atom. The zero-order valence-corrected chi connectivity index (χ0v) is 15.8. The van der Waals surface area contributed by atoms with Crippen LogP contribution in [-0.4, -0.2) is 28.7 Å². The summed E-state index contributed by atoms with van der Waals surface area (Å²) in [4.78, 5) is 15.1. The van der Waals surface area contributed by atoms with E-state index in [4.69, 9.17) is 10.5 Å². The average molecular weight is 332 g/mol. The van der Waals surface area contributed by atoms with Crippen molar-refractivity contribution in [3.05, 3.63) is 35.9 Å². The van der Waals surface area contributed by atoms with E-state index in [1.165, 1.54) is 5.56 Å². The first-order chi connectivity index (χ1) is 11.1. The molecule has 0 radical (unpaired) electrons. The van der Waals surface area contributed by atoms with Crippen molar-refractivity contribution in [1.29, 1.82) is 0 Å². The van der Waals surface area contributed by atoms with E-state index in [1.54, 1.807) is 0 Å². The molecule has 134 valence electrons. The Morgan fingerprint density at radius 3 is 2.42 bits per heavy atom. The van der Waals surface area contributed by atoms with Gasteiger partial charge in [0.15, 0.2) is 0 Å². The first-order valence-electron chi connectivity index (χ1n) is 8.89. The standard InChI is InChI=1S/C20H32N2O2/c1-6-20(17(23)24-18(2,3)4)12-13-22(19(5,21)15-20)14-16-10-8-7-9-11-16/h7-11H,6,12-15,21H2,1-5H3. The summed E-state index contributed by atoms with van der Waals surface area (Å²) in [5, 5.41) is 0. The molecule has 0 saturated carbocycles. The van der Waals surface area contributed by atoms with E-state index in [0.717, 1.165) is 25.9 Å². The van der Waals surface area contributed by atoms with Gasteiger partial charge in [-0.1, -0.05) is 37.3 Å². The Labute approximate surface area is 146 Å². The summed E-state index contributed by atoms with van der Waals surface area (Å²) < 4.78 is 5.71. The predicted molar refractivity (Wildman–Crippen MR) is 97.2 cm³/mol. The number of nitrogens with zero attached hydrogens (tertiary/aromatic N) is 1. The van der Waals surface area contributed by atoms with Gasteiger partial charge < -0.3 is 10.5 Å². The molecule has 4 nitrogen and oxygen atoms in total. The molecular formula is C20H32N2O2. The number of likely N-dealkylation sites (tertiary alicyclic amines) is 1. The largest absolute Gasteiger partial charge is 0.460 e. The molecule has 0 aromatic heterocycles. The molecule has 0 aliphatic carbocycles. The summed E-state index contributed by atoms with van der Waals surface area (Å²) in [5.74, 6) is -0.103. The minimum atomic E-state index is -0.527. The highest BCUT2D eigenvalue weighted by molar-refractivity contribution is 5.77. The third-order valence-electron chi connectivity index (χ3n) is 5.00. The fourth-order valence-electron chi connectivity index (χ4n) is 3.56. The first-order valence-corrected chi connectivity index (χ1v) is 8.89. The Hall–Kier alpha value is -1.39. The van der Waals surface area contributed by atoms with Gasteiger partial charge in [0, 0.05) is 13.1 Å². The maximum atomic E-state index is 12.8. The van der Waals surface area contributed by atoms with Crippen molar-refractivity contribution in [2.75, 3.05) is 6.54 Å². The van der Waals surface area contributed by atoms with Crippen molar-refractivity contribution in [1.82, 2.24) is 4.90 Å². The summed E-state index contributed by atoms with van der Waals surface area (Å²) in [6, 6.07) is 10.3. The van der Waals surface area contributed by atoms with Gasteiger partial charge in [0.25, 0.3) is 0 Å². The van der Waals surface area contributed by atoms with Crippen LogP contribution in [0.25, 0.3) is 0 Å². The first kappa shape index (κ1) is 18.9. The van der Waals surface area contributed by atoms with Gasteiger partial charge in [-0.25, -0.2) is 0 Å². The lowest BCUT2D eigenvalue weighted by molar-refractivity contribution is -0.175. The van der Waals surface area contributed by atoms with Crippen molar-refractivity contribution in [2.24, 2.45) is 11.1 Å². The van der Waals surface area contributed by atoms with Crippen LogP contribution in [0.5, 0.6) is 0 Å². The van der Waals surface area contributed by atoms with E-state index in [9.17, 15) is 4.79 Å². The molecule has 24 heavy (non-hydrogen) atoms. The Morgan fingerprint density at radius 2 is 1.92 bits per heavy atom. The summed E-state index contributed by atoms with van der Waals surface area (Å²) in [6.07, 6.45) is 2.17. The average Bonchev–Trinajstić information content (AvgIpc) is 2.48. The predicted octanol–water partition coefficient (Wildman–Crippen LogP) is 3.70. The van der Waals surface area contributed by atoms with Crippen LogP contribution in [0.1, 0.15) is 59.4 Å². The molecule has 1 aromatic carbocycles. The Bertz CT molecular complexity index is 563. The van der Waals surface area contributed by atoms with Crippen LogP contribution in [0.2, 0.25) is 0 Å². The second-order valence-corrected chi connectivity index (χ2v) is 8.33. The summed E-state index contributed by atoms with van der Waals surface area (Å²) >= 11 is 0. The Kier molecular flexibility index (Phi) is 5.41. The van der Waals surface area contributed by atoms with Crippen LogP contribution in [0.4, 0.5) is 0 Å². The van der Waals surface area contributed by atoms with Crippen molar-refractivity contribution in [2.45, 2.75) is 71.7 Å². The maximum Gasteiger partial charge on any atom is 0.312 e. The quantitative estimate of drug-likeness (QED) is 0.854. The molecule has 0 spiro atoms. The molecule has 1 heterocycles. The van der Waals surface area contributed by atoms with Crippen LogP contribution < -0.4 is 5.73 Å². The number of hydrogen-bond donors (Lipinski definition) is 1.